The lowest BCUT2D eigenvalue weighted by molar-refractivity contribution is -0.117. The number of carbonyl (C=O) groups is 1. The van der Waals surface area contributed by atoms with Gasteiger partial charge in [-0.05, 0) is 19.9 Å². The molecule has 0 saturated carbocycles. The Balaban J connectivity index is 2.35. The molecule has 0 fully saturated rings. The average molecular weight is 282 g/mol. The summed E-state index contributed by atoms with van der Waals surface area (Å²) in [4.78, 5) is 11.8. The highest BCUT2D eigenvalue weighted by Crippen LogP contribution is 2.23. The standard InChI is InChI=1S/C11H12BrN3O/c1-11(2,12)10(16)14-8-5-3-4-7-6-13-15-9(7)8/h3-6H,1-2H3,(H,13,15)(H,14,16). The number of amides is 1. The summed E-state index contributed by atoms with van der Waals surface area (Å²) in [5.74, 6) is -0.0883. The van der Waals surface area contributed by atoms with Crippen molar-refractivity contribution in [2.45, 2.75) is 18.2 Å². The predicted octanol–water partition coefficient (Wildman–Crippen LogP) is 2.67. The number of H-pyrrole nitrogens is 1. The van der Waals surface area contributed by atoms with Gasteiger partial charge in [0.15, 0.2) is 0 Å². The fourth-order valence-corrected chi connectivity index (χ4v) is 1.44. The number of benzene rings is 1. The Morgan fingerprint density at radius 1 is 1.50 bits per heavy atom. The van der Waals surface area contributed by atoms with Crippen LogP contribution in [0.1, 0.15) is 13.8 Å². The Hall–Kier alpha value is -1.36. The second-order valence-electron chi connectivity index (χ2n) is 4.07. The van der Waals surface area contributed by atoms with Crippen molar-refractivity contribution < 1.29 is 4.79 Å². The monoisotopic (exact) mass is 281 g/mol. The summed E-state index contributed by atoms with van der Waals surface area (Å²) < 4.78 is -0.588. The van der Waals surface area contributed by atoms with E-state index in [0.29, 0.717) is 0 Å². The molecule has 0 spiro atoms. The van der Waals surface area contributed by atoms with E-state index >= 15 is 0 Å². The average Bonchev–Trinajstić information content (AvgIpc) is 2.65. The molecule has 2 N–H and O–H groups in total. The molecule has 2 rings (SSSR count). The second kappa shape index (κ2) is 3.90. The Labute approximate surface area is 102 Å². The van der Waals surface area contributed by atoms with Gasteiger partial charge < -0.3 is 5.32 Å². The Kier molecular flexibility index (Phi) is 2.71. The first kappa shape index (κ1) is 11.1. The van der Waals surface area contributed by atoms with Gasteiger partial charge in [-0.25, -0.2) is 0 Å². The van der Waals surface area contributed by atoms with Crippen molar-refractivity contribution in [2.24, 2.45) is 0 Å². The number of nitrogens with one attached hydrogen (secondary N) is 2. The zero-order valence-electron chi connectivity index (χ0n) is 9.04. The number of carbonyl (C=O) groups excluding carboxylic acids is 1. The lowest BCUT2D eigenvalue weighted by Crippen LogP contribution is -2.31. The van der Waals surface area contributed by atoms with Gasteiger partial charge >= 0.3 is 0 Å². The van der Waals surface area contributed by atoms with Crippen molar-refractivity contribution in [3.05, 3.63) is 24.4 Å². The fraction of sp³-hybridized carbons (Fsp3) is 0.273. The summed E-state index contributed by atoms with van der Waals surface area (Å²) in [6, 6.07) is 5.67. The van der Waals surface area contributed by atoms with Gasteiger partial charge in [-0.2, -0.15) is 5.10 Å². The van der Waals surface area contributed by atoms with E-state index in [0.717, 1.165) is 16.6 Å². The van der Waals surface area contributed by atoms with Gasteiger partial charge in [0.05, 0.1) is 21.7 Å². The molecule has 0 aliphatic carbocycles. The van der Waals surface area contributed by atoms with Gasteiger partial charge in [-0.15, -0.1) is 0 Å². The van der Waals surface area contributed by atoms with Crippen LogP contribution in [0.2, 0.25) is 0 Å². The minimum atomic E-state index is -0.588. The number of anilines is 1. The van der Waals surface area contributed by atoms with Crippen LogP contribution in [0.25, 0.3) is 10.9 Å². The molecule has 0 aliphatic heterocycles. The third kappa shape index (κ3) is 2.09. The molecule has 0 aliphatic rings. The number of aromatic nitrogens is 2. The number of nitrogens with zero attached hydrogens (tertiary/aromatic N) is 1. The first-order valence-corrected chi connectivity index (χ1v) is 5.70. The molecule has 1 heterocycles. The van der Waals surface area contributed by atoms with Crippen LogP contribution in [0.15, 0.2) is 24.4 Å². The van der Waals surface area contributed by atoms with Crippen LogP contribution in [-0.4, -0.2) is 20.4 Å². The van der Waals surface area contributed by atoms with Crippen LogP contribution in [0.4, 0.5) is 5.69 Å². The third-order valence-corrected chi connectivity index (χ3v) is 2.62. The molecule has 84 valence electrons. The highest BCUT2D eigenvalue weighted by Gasteiger charge is 2.24. The lowest BCUT2D eigenvalue weighted by Gasteiger charge is -2.16. The molecule has 1 aromatic heterocycles. The van der Waals surface area contributed by atoms with E-state index in [-0.39, 0.29) is 5.91 Å². The number of hydrogen-bond acceptors (Lipinski definition) is 2. The highest BCUT2D eigenvalue weighted by atomic mass is 79.9. The van der Waals surface area contributed by atoms with E-state index in [1.54, 1.807) is 20.0 Å². The van der Waals surface area contributed by atoms with Crippen LogP contribution in [-0.2, 0) is 4.79 Å². The molecule has 0 atom stereocenters. The van der Waals surface area contributed by atoms with Crippen LogP contribution < -0.4 is 5.32 Å². The quantitative estimate of drug-likeness (QED) is 0.832. The molecule has 0 saturated heterocycles. The van der Waals surface area contributed by atoms with E-state index in [9.17, 15) is 4.79 Å². The molecule has 16 heavy (non-hydrogen) atoms. The van der Waals surface area contributed by atoms with Crippen molar-refractivity contribution in [3.63, 3.8) is 0 Å². The smallest absolute Gasteiger partial charge is 0.240 e. The van der Waals surface area contributed by atoms with Gasteiger partial charge in [0.2, 0.25) is 5.91 Å². The van der Waals surface area contributed by atoms with Crippen LogP contribution in [0, 0.1) is 0 Å². The maximum atomic E-state index is 11.8. The molecular weight excluding hydrogens is 270 g/mol. The molecule has 5 heteroatoms. The Morgan fingerprint density at radius 2 is 2.25 bits per heavy atom. The number of fused-ring (bicyclic) bond motifs is 1. The zero-order chi connectivity index (χ0) is 11.8. The lowest BCUT2D eigenvalue weighted by atomic mass is 10.2. The first-order chi connectivity index (χ1) is 7.48. The second-order valence-corrected chi connectivity index (χ2v) is 6.05. The van der Waals surface area contributed by atoms with E-state index < -0.39 is 4.32 Å². The summed E-state index contributed by atoms with van der Waals surface area (Å²) in [7, 11) is 0. The Bertz CT molecular complexity index is 527. The number of alkyl halides is 1. The maximum absolute atomic E-state index is 11.8. The summed E-state index contributed by atoms with van der Waals surface area (Å²) in [6.07, 6.45) is 1.73. The van der Waals surface area contributed by atoms with Gasteiger partial charge in [-0.1, -0.05) is 28.1 Å². The third-order valence-electron chi connectivity index (χ3n) is 2.26. The van der Waals surface area contributed by atoms with Crippen LogP contribution in [0.3, 0.4) is 0 Å². The summed E-state index contributed by atoms with van der Waals surface area (Å²) >= 11 is 3.32. The van der Waals surface area contributed by atoms with E-state index in [1.807, 2.05) is 18.2 Å². The van der Waals surface area contributed by atoms with E-state index in [4.69, 9.17) is 0 Å². The van der Waals surface area contributed by atoms with Gasteiger partial charge in [-0.3, -0.25) is 9.89 Å². The molecule has 0 bridgehead atoms. The highest BCUT2D eigenvalue weighted by molar-refractivity contribution is 9.10. The number of hydrogen-bond donors (Lipinski definition) is 2. The normalized spacial score (nSPS) is 11.7. The largest absolute Gasteiger partial charge is 0.323 e. The number of para-hydroxylation sites is 1. The molecular formula is C11H12BrN3O. The van der Waals surface area contributed by atoms with Gasteiger partial charge in [0, 0.05) is 5.39 Å². The number of halogens is 1. The van der Waals surface area contributed by atoms with Crippen molar-refractivity contribution in [1.29, 1.82) is 0 Å². The van der Waals surface area contributed by atoms with Crippen LogP contribution >= 0.6 is 15.9 Å². The zero-order valence-corrected chi connectivity index (χ0v) is 10.6. The van der Waals surface area contributed by atoms with Gasteiger partial charge in [0.25, 0.3) is 0 Å². The predicted molar refractivity (Wildman–Crippen MR) is 67.7 cm³/mol. The fourth-order valence-electron chi connectivity index (χ4n) is 1.34. The molecule has 4 nitrogen and oxygen atoms in total. The van der Waals surface area contributed by atoms with Crippen molar-refractivity contribution >= 4 is 38.4 Å². The van der Waals surface area contributed by atoms with Crippen LogP contribution in [0.5, 0.6) is 0 Å². The summed E-state index contributed by atoms with van der Waals surface area (Å²) in [5, 5.41) is 10.6. The topological polar surface area (TPSA) is 57.8 Å². The van der Waals surface area contributed by atoms with Gasteiger partial charge in [0.1, 0.15) is 0 Å². The Morgan fingerprint density at radius 3 is 2.94 bits per heavy atom. The number of aromatic amines is 1. The van der Waals surface area contributed by atoms with Crippen molar-refractivity contribution in [3.8, 4) is 0 Å². The maximum Gasteiger partial charge on any atom is 0.240 e. The number of rotatable bonds is 2. The molecule has 1 amide bonds. The minimum Gasteiger partial charge on any atom is -0.323 e. The van der Waals surface area contributed by atoms with E-state index in [1.165, 1.54) is 0 Å². The first-order valence-electron chi connectivity index (χ1n) is 4.91. The van der Waals surface area contributed by atoms with E-state index in [2.05, 4.69) is 31.4 Å². The molecule has 0 radical (unpaired) electrons. The van der Waals surface area contributed by atoms with Crippen molar-refractivity contribution in [1.82, 2.24) is 10.2 Å². The molecule has 2 aromatic rings. The molecule has 0 unspecified atom stereocenters. The van der Waals surface area contributed by atoms with Crippen molar-refractivity contribution in [2.75, 3.05) is 5.32 Å². The summed E-state index contributed by atoms with van der Waals surface area (Å²) in [6.45, 7) is 3.60. The minimum absolute atomic E-state index is 0.0883. The SMILES string of the molecule is CC(C)(Br)C(=O)Nc1cccc2cn[nH]c12. The molecule has 1 aromatic carbocycles. The summed E-state index contributed by atoms with van der Waals surface area (Å²) in [5.41, 5.74) is 1.58.